The van der Waals surface area contributed by atoms with Crippen LogP contribution < -0.4 is 5.32 Å². The van der Waals surface area contributed by atoms with Gasteiger partial charge in [-0.1, -0.05) is 20.8 Å². The molecule has 1 N–H and O–H groups in total. The van der Waals surface area contributed by atoms with Crippen molar-refractivity contribution in [3.63, 3.8) is 0 Å². The van der Waals surface area contributed by atoms with E-state index in [2.05, 4.69) is 36.0 Å². The summed E-state index contributed by atoms with van der Waals surface area (Å²) in [5.74, 6) is 2.58. The third-order valence-electron chi connectivity index (χ3n) is 3.95. The predicted octanol–water partition coefficient (Wildman–Crippen LogP) is 2.19. The topological polar surface area (TPSA) is 36.9 Å². The molecule has 0 radical (unpaired) electrons. The lowest BCUT2D eigenvalue weighted by Crippen LogP contribution is -2.54. The van der Waals surface area contributed by atoms with Crippen molar-refractivity contribution in [3.05, 3.63) is 0 Å². The lowest BCUT2D eigenvalue weighted by Gasteiger charge is -2.41. The molecule has 0 bridgehead atoms. The number of piperidine rings is 1. The number of ether oxygens (including phenoxy) is 1. The molecule has 0 aliphatic carbocycles. The Kier molecular flexibility index (Phi) is 6.36. The van der Waals surface area contributed by atoms with Crippen LogP contribution in [0.4, 0.5) is 0 Å². The molecule has 19 heavy (non-hydrogen) atoms. The second-order valence-electron chi connectivity index (χ2n) is 6.56. The molecule has 0 spiro atoms. The highest BCUT2D eigenvalue weighted by Crippen LogP contribution is 2.25. The summed E-state index contributed by atoms with van der Waals surface area (Å²) in [5, 5.41) is 3.52. The molecule has 2 saturated heterocycles. The monoisotopic (exact) mass is 381 g/mol. The number of nitrogens with zero attached hydrogens (tertiary/aromatic N) is 2. The van der Waals surface area contributed by atoms with Crippen LogP contribution in [0.25, 0.3) is 0 Å². The fourth-order valence-electron chi connectivity index (χ4n) is 3.01. The highest BCUT2D eigenvalue weighted by Gasteiger charge is 2.34. The third-order valence-corrected chi connectivity index (χ3v) is 3.95. The van der Waals surface area contributed by atoms with Gasteiger partial charge in [-0.2, -0.15) is 0 Å². The van der Waals surface area contributed by atoms with Crippen LogP contribution in [0.5, 0.6) is 0 Å². The highest BCUT2D eigenvalue weighted by molar-refractivity contribution is 14.0. The van der Waals surface area contributed by atoms with E-state index in [-0.39, 0.29) is 24.0 Å². The Bertz CT molecular complexity index is 308. The molecule has 0 aromatic rings. The molecule has 2 unspecified atom stereocenters. The van der Waals surface area contributed by atoms with E-state index in [1.807, 2.05) is 7.05 Å². The second kappa shape index (κ2) is 7.11. The van der Waals surface area contributed by atoms with Gasteiger partial charge in [0, 0.05) is 32.1 Å². The largest absolute Gasteiger partial charge is 0.380 e. The van der Waals surface area contributed by atoms with E-state index in [1.165, 1.54) is 6.42 Å². The first-order chi connectivity index (χ1) is 8.52. The number of aliphatic imine (C=N–C) groups is 1. The summed E-state index contributed by atoms with van der Waals surface area (Å²) in [6.45, 7) is 11.9. The van der Waals surface area contributed by atoms with E-state index >= 15 is 0 Å². The molecule has 5 heteroatoms. The molecule has 4 nitrogen and oxygen atoms in total. The van der Waals surface area contributed by atoms with Gasteiger partial charge in [-0.25, -0.2) is 0 Å². The van der Waals surface area contributed by atoms with E-state index in [0.717, 1.165) is 50.6 Å². The molecule has 0 aromatic heterocycles. The molecule has 2 aliphatic rings. The van der Waals surface area contributed by atoms with E-state index < -0.39 is 0 Å². The van der Waals surface area contributed by atoms with Gasteiger partial charge in [0.05, 0.1) is 13.2 Å². The number of guanidine groups is 1. The van der Waals surface area contributed by atoms with Crippen molar-refractivity contribution in [2.75, 3.05) is 39.9 Å². The van der Waals surface area contributed by atoms with Gasteiger partial charge in [-0.15, -0.1) is 24.0 Å². The van der Waals surface area contributed by atoms with Crippen LogP contribution in [-0.4, -0.2) is 50.8 Å². The molecule has 2 atom stereocenters. The molecule has 112 valence electrons. The van der Waals surface area contributed by atoms with Gasteiger partial charge in [-0.05, 0) is 18.3 Å². The minimum atomic E-state index is 0. The number of rotatable bonds is 2. The molecule has 2 heterocycles. The Hall–Kier alpha value is -0.0400. The van der Waals surface area contributed by atoms with Crippen molar-refractivity contribution < 1.29 is 4.74 Å². The molecule has 0 amide bonds. The summed E-state index contributed by atoms with van der Waals surface area (Å²) in [7, 11) is 1.88. The SMILES string of the molecule is CN=C(NCC1(C)COC1)N1CC(C)CC(C)C1.I. The first-order valence-electron chi connectivity index (χ1n) is 7.06. The highest BCUT2D eigenvalue weighted by atomic mass is 127. The first-order valence-corrected chi connectivity index (χ1v) is 7.06. The van der Waals surface area contributed by atoms with Crippen LogP contribution in [0, 0.1) is 17.3 Å². The summed E-state index contributed by atoms with van der Waals surface area (Å²) in [4.78, 5) is 6.84. The lowest BCUT2D eigenvalue weighted by molar-refractivity contribution is -0.0973. The molecule has 0 saturated carbocycles. The van der Waals surface area contributed by atoms with Crippen LogP contribution in [0.15, 0.2) is 4.99 Å². The Balaban J connectivity index is 0.00000180. The molecule has 2 fully saturated rings. The van der Waals surface area contributed by atoms with Gasteiger partial charge in [0.15, 0.2) is 5.96 Å². The Labute approximate surface area is 134 Å². The van der Waals surface area contributed by atoms with E-state index in [4.69, 9.17) is 4.74 Å². The van der Waals surface area contributed by atoms with Crippen molar-refractivity contribution >= 4 is 29.9 Å². The van der Waals surface area contributed by atoms with Gasteiger partial charge >= 0.3 is 0 Å². The van der Waals surface area contributed by atoms with Gasteiger partial charge in [0.1, 0.15) is 0 Å². The molecular formula is C14H28IN3O. The maximum atomic E-state index is 5.29. The molecule has 0 aromatic carbocycles. The average Bonchev–Trinajstić information content (AvgIpc) is 2.26. The number of nitrogens with one attached hydrogen (secondary N) is 1. The summed E-state index contributed by atoms with van der Waals surface area (Å²) in [6.07, 6.45) is 1.33. The summed E-state index contributed by atoms with van der Waals surface area (Å²) >= 11 is 0. The number of halogens is 1. The van der Waals surface area contributed by atoms with E-state index in [1.54, 1.807) is 0 Å². The first kappa shape index (κ1) is 17.0. The zero-order valence-electron chi connectivity index (χ0n) is 12.6. The number of hydrogen-bond acceptors (Lipinski definition) is 2. The Morgan fingerprint density at radius 3 is 2.32 bits per heavy atom. The minimum Gasteiger partial charge on any atom is -0.380 e. The van der Waals surface area contributed by atoms with Gasteiger partial charge in [0.25, 0.3) is 0 Å². The summed E-state index contributed by atoms with van der Waals surface area (Å²) in [5.41, 5.74) is 0.295. The van der Waals surface area contributed by atoms with Gasteiger partial charge in [0.2, 0.25) is 0 Å². The average molecular weight is 381 g/mol. The van der Waals surface area contributed by atoms with Gasteiger partial charge < -0.3 is 15.0 Å². The van der Waals surface area contributed by atoms with Crippen LogP contribution in [0.2, 0.25) is 0 Å². The molecule has 2 aliphatic heterocycles. The van der Waals surface area contributed by atoms with Crippen LogP contribution >= 0.6 is 24.0 Å². The zero-order chi connectivity index (χ0) is 13.2. The standard InChI is InChI=1S/C14H27N3O.HI/c1-11-5-12(2)7-17(6-11)13(15-4)16-8-14(3)9-18-10-14;/h11-12H,5-10H2,1-4H3,(H,15,16);1H. The second-order valence-corrected chi connectivity index (χ2v) is 6.56. The molecular weight excluding hydrogens is 353 g/mol. The quantitative estimate of drug-likeness (QED) is 0.453. The van der Waals surface area contributed by atoms with Crippen molar-refractivity contribution in [1.82, 2.24) is 10.2 Å². The fourth-order valence-corrected chi connectivity index (χ4v) is 3.01. The Morgan fingerprint density at radius 1 is 1.32 bits per heavy atom. The third kappa shape index (κ3) is 4.48. The van der Waals surface area contributed by atoms with Crippen molar-refractivity contribution in [1.29, 1.82) is 0 Å². The van der Waals surface area contributed by atoms with Crippen LogP contribution in [-0.2, 0) is 4.74 Å². The Morgan fingerprint density at radius 2 is 1.89 bits per heavy atom. The maximum Gasteiger partial charge on any atom is 0.193 e. The van der Waals surface area contributed by atoms with Crippen molar-refractivity contribution in [2.24, 2.45) is 22.2 Å². The minimum absolute atomic E-state index is 0. The fraction of sp³-hybridized carbons (Fsp3) is 0.929. The van der Waals surface area contributed by atoms with Crippen molar-refractivity contribution in [2.45, 2.75) is 27.2 Å². The smallest absolute Gasteiger partial charge is 0.193 e. The zero-order valence-corrected chi connectivity index (χ0v) is 14.9. The predicted molar refractivity (Wildman–Crippen MR) is 90.2 cm³/mol. The maximum absolute atomic E-state index is 5.29. The van der Waals surface area contributed by atoms with Crippen molar-refractivity contribution in [3.8, 4) is 0 Å². The van der Waals surface area contributed by atoms with Crippen LogP contribution in [0.3, 0.4) is 0 Å². The number of hydrogen-bond donors (Lipinski definition) is 1. The number of likely N-dealkylation sites (tertiary alicyclic amines) is 1. The summed E-state index contributed by atoms with van der Waals surface area (Å²) in [6, 6.07) is 0. The molecule has 2 rings (SSSR count). The van der Waals surface area contributed by atoms with Crippen LogP contribution in [0.1, 0.15) is 27.2 Å². The van der Waals surface area contributed by atoms with Gasteiger partial charge in [-0.3, -0.25) is 4.99 Å². The van der Waals surface area contributed by atoms with E-state index in [9.17, 15) is 0 Å². The summed E-state index contributed by atoms with van der Waals surface area (Å²) < 4.78 is 5.29. The van der Waals surface area contributed by atoms with E-state index in [0.29, 0.717) is 5.41 Å². The lowest BCUT2D eigenvalue weighted by atomic mass is 9.88. The normalized spacial score (nSPS) is 30.3.